The van der Waals surface area contributed by atoms with Crippen molar-refractivity contribution in [1.29, 1.82) is 0 Å². The van der Waals surface area contributed by atoms with Gasteiger partial charge in [-0.05, 0) is 24.3 Å². The molecule has 0 bridgehead atoms. The Morgan fingerprint density at radius 2 is 2.14 bits per heavy atom. The van der Waals surface area contributed by atoms with E-state index in [1.165, 1.54) is 23.1 Å². The van der Waals surface area contributed by atoms with Crippen LogP contribution in [0.15, 0.2) is 42.5 Å². The maximum absolute atomic E-state index is 12.2. The number of amides is 2. The molecule has 10 heteroatoms. The van der Waals surface area contributed by atoms with Gasteiger partial charge in [0, 0.05) is 17.2 Å². The van der Waals surface area contributed by atoms with Gasteiger partial charge in [-0.25, -0.2) is 0 Å². The number of halogens is 1. The first-order valence-electron chi connectivity index (χ1n) is 8.31. The van der Waals surface area contributed by atoms with E-state index in [0.717, 1.165) is 0 Å². The highest BCUT2D eigenvalue weighted by atomic mass is 35.5. The van der Waals surface area contributed by atoms with Crippen molar-refractivity contribution in [1.82, 2.24) is 5.32 Å². The number of benzene rings is 2. The van der Waals surface area contributed by atoms with Gasteiger partial charge in [-0.15, -0.1) is 0 Å². The largest absolute Gasteiger partial charge is 0.492 e. The van der Waals surface area contributed by atoms with E-state index in [2.05, 4.69) is 5.32 Å². The molecule has 0 radical (unpaired) electrons. The molecule has 0 unspecified atom stereocenters. The second kappa shape index (κ2) is 8.57. The average Bonchev–Trinajstić information content (AvgIpc) is 2.67. The molecule has 1 N–H and O–H groups in total. The molecule has 2 aromatic rings. The molecule has 28 heavy (non-hydrogen) atoms. The summed E-state index contributed by atoms with van der Waals surface area (Å²) in [6, 6.07) is 10.8. The highest BCUT2D eigenvalue weighted by Gasteiger charge is 2.29. The van der Waals surface area contributed by atoms with Crippen LogP contribution < -0.4 is 19.7 Å². The number of hydrogen-bond donors (Lipinski definition) is 1. The van der Waals surface area contributed by atoms with Gasteiger partial charge >= 0.3 is 0 Å². The fourth-order valence-electron chi connectivity index (χ4n) is 2.59. The summed E-state index contributed by atoms with van der Waals surface area (Å²) in [4.78, 5) is 35.9. The standard InChI is InChI=1S/C18H16ClN3O6/c19-12-2-1-3-14(8-12)27-7-6-20-17(23)10-21-15-9-13(22(25)26)4-5-16(15)28-11-18(21)24/h1-5,8-9H,6-7,10-11H2,(H,20,23). The summed E-state index contributed by atoms with van der Waals surface area (Å²) in [5, 5.41) is 14.1. The number of anilines is 1. The average molecular weight is 406 g/mol. The van der Waals surface area contributed by atoms with Gasteiger partial charge in [-0.1, -0.05) is 17.7 Å². The zero-order valence-electron chi connectivity index (χ0n) is 14.6. The van der Waals surface area contributed by atoms with Gasteiger partial charge in [0.2, 0.25) is 5.91 Å². The third kappa shape index (κ3) is 4.68. The highest BCUT2D eigenvalue weighted by molar-refractivity contribution is 6.30. The number of nitro benzene ring substituents is 1. The molecule has 3 rings (SSSR count). The zero-order chi connectivity index (χ0) is 20.1. The summed E-state index contributed by atoms with van der Waals surface area (Å²) in [5.74, 6) is -0.00522. The Hall–Kier alpha value is -3.33. The smallest absolute Gasteiger partial charge is 0.271 e. The van der Waals surface area contributed by atoms with Gasteiger partial charge in [0.1, 0.15) is 24.7 Å². The Kier molecular flexibility index (Phi) is 5.95. The molecule has 0 saturated heterocycles. The third-order valence-corrected chi connectivity index (χ3v) is 4.12. The maximum atomic E-state index is 12.2. The Labute approximate surface area is 164 Å². The van der Waals surface area contributed by atoms with E-state index in [4.69, 9.17) is 21.1 Å². The number of rotatable bonds is 7. The minimum absolute atomic E-state index is 0.191. The lowest BCUT2D eigenvalue weighted by atomic mass is 10.2. The first kappa shape index (κ1) is 19.4. The predicted octanol–water partition coefficient (Wildman–Crippen LogP) is 2.17. The molecule has 1 aliphatic heterocycles. The summed E-state index contributed by atoms with van der Waals surface area (Å²) < 4.78 is 10.7. The Morgan fingerprint density at radius 3 is 2.89 bits per heavy atom. The number of non-ortho nitro benzene ring substituents is 1. The minimum Gasteiger partial charge on any atom is -0.492 e. The summed E-state index contributed by atoms with van der Waals surface area (Å²) >= 11 is 5.86. The molecule has 0 spiro atoms. The van der Waals surface area contributed by atoms with Crippen molar-refractivity contribution in [2.75, 3.05) is 31.2 Å². The fraction of sp³-hybridized carbons (Fsp3) is 0.222. The Bertz CT molecular complexity index is 920. The number of carbonyl (C=O) groups excluding carboxylic acids is 2. The van der Waals surface area contributed by atoms with Crippen LogP contribution in [0.25, 0.3) is 0 Å². The normalized spacial score (nSPS) is 12.8. The number of ether oxygens (including phenoxy) is 2. The molecular weight excluding hydrogens is 390 g/mol. The van der Waals surface area contributed by atoms with Crippen LogP contribution in [-0.4, -0.2) is 43.0 Å². The second-order valence-electron chi connectivity index (χ2n) is 5.83. The van der Waals surface area contributed by atoms with Gasteiger partial charge in [-0.3, -0.25) is 24.6 Å². The second-order valence-corrected chi connectivity index (χ2v) is 6.27. The summed E-state index contributed by atoms with van der Waals surface area (Å²) in [6.07, 6.45) is 0. The lowest BCUT2D eigenvalue weighted by Crippen LogP contribution is -2.45. The van der Waals surface area contributed by atoms with Crippen LogP contribution in [-0.2, 0) is 9.59 Å². The van der Waals surface area contributed by atoms with Crippen LogP contribution in [0.4, 0.5) is 11.4 Å². The molecule has 2 aromatic carbocycles. The van der Waals surface area contributed by atoms with Gasteiger partial charge in [0.25, 0.3) is 11.6 Å². The van der Waals surface area contributed by atoms with E-state index < -0.39 is 16.7 Å². The van der Waals surface area contributed by atoms with E-state index in [1.807, 2.05) is 0 Å². The van der Waals surface area contributed by atoms with E-state index in [-0.39, 0.29) is 37.7 Å². The first-order chi connectivity index (χ1) is 13.4. The van der Waals surface area contributed by atoms with E-state index in [1.54, 1.807) is 24.3 Å². The van der Waals surface area contributed by atoms with Crippen LogP contribution in [0.2, 0.25) is 5.02 Å². The molecule has 0 aliphatic carbocycles. The van der Waals surface area contributed by atoms with E-state index >= 15 is 0 Å². The van der Waals surface area contributed by atoms with Crippen molar-refractivity contribution in [2.45, 2.75) is 0 Å². The molecule has 0 aromatic heterocycles. The van der Waals surface area contributed by atoms with E-state index in [9.17, 15) is 19.7 Å². The lowest BCUT2D eigenvalue weighted by molar-refractivity contribution is -0.384. The lowest BCUT2D eigenvalue weighted by Gasteiger charge is -2.28. The first-order valence-corrected chi connectivity index (χ1v) is 8.68. The molecule has 0 fully saturated rings. The van der Waals surface area contributed by atoms with Crippen LogP contribution >= 0.6 is 11.6 Å². The van der Waals surface area contributed by atoms with E-state index in [0.29, 0.717) is 16.5 Å². The molecule has 1 heterocycles. The van der Waals surface area contributed by atoms with Crippen LogP contribution in [0, 0.1) is 10.1 Å². The third-order valence-electron chi connectivity index (χ3n) is 3.89. The van der Waals surface area contributed by atoms with Crippen molar-refractivity contribution < 1.29 is 24.0 Å². The molecule has 0 atom stereocenters. The Balaban J connectivity index is 1.57. The molecular formula is C18H16ClN3O6. The van der Waals surface area contributed by atoms with Gasteiger partial charge < -0.3 is 14.8 Å². The number of carbonyl (C=O) groups is 2. The zero-order valence-corrected chi connectivity index (χ0v) is 15.3. The van der Waals surface area contributed by atoms with Crippen LogP contribution in [0.5, 0.6) is 11.5 Å². The monoisotopic (exact) mass is 405 g/mol. The van der Waals surface area contributed by atoms with Gasteiger partial charge in [0.05, 0.1) is 17.2 Å². The molecule has 1 aliphatic rings. The number of nitrogens with zero attached hydrogens (tertiary/aromatic N) is 2. The Morgan fingerprint density at radius 1 is 1.32 bits per heavy atom. The topological polar surface area (TPSA) is 111 Å². The summed E-state index contributed by atoms with van der Waals surface area (Å²) in [7, 11) is 0. The van der Waals surface area contributed by atoms with Gasteiger partial charge in [-0.2, -0.15) is 0 Å². The fourth-order valence-corrected chi connectivity index (χ4v) is 2.77. The summed E-state index contributed by atoms with van der Waals surface area (Å²) in [5.41, 5.74) is -0.00634. The highest BCUT2D eigenvalue weighted by Crippen LogP contribution is 2.35. The molecule has 9 nitrogen and oxygen atoms in total. The number of hydrogen-bond acceptors (Lipinski definition) is 6. The van der Waals surface area contributed by atoms with Crippen molar-refractivity contribution in [2.24, 2.45) is 0 Å². The minimum atomic E-state index is -0.579. The quantitative estimate of drug-likeness (QED) is 0.429. The maximum Gasteiger partial charge on any atom is 0.271 e. The van der Waals surface area contributed by atoms with Crippen molar-refractivity contribution in [3.63, 3.8) is 0 Å². The number of nitrogens with one attached hydrogen (secondary N) is 1. The molecule has 2 amide bonds. The molecule has 0 saturated carbocycles. The summed E-state index contributed by atoms with van der Waals surface area (Å²) in [6.45, 7) is -0.0969. The number of nitro groups is 1. The van der Waals surface area contributed by atoms with Crippen LogP contribution in [0.1, 0.15) is 0 Å². The van der Waals surface area contributed by atoms with Crippen LogP contribution in [0.3, 0.4) is 0 Å². The van der Waals surface area contributed by atoms with Crippen molar-refractivity contribution >= 4 is 34.8 Å². The molecule has 146 valence electrons. The van der Waals surface area contributed by atoms with Crippen molar-refractivity contribution in [3.8, 4) is 11.5 Å². The number of fused-ring (bicyclic) bond motifs is 1. The SMILES string of the molecule is O=C(CN1C(=O)COc2ccc([N+](=O)[O-])cc21)NCCOc1cccc(Cl)c1. The van der Waals surface area contributed by atoms with Crippen molar-refractivity contribution in [3.05, 3.63) is 57.6 Å². The van der Waals surface area contributed by atoms with Gasteiger partial charge in [0.15, 0.2) is 6.61 Å². The predicted molar refractivity (Wildman–Crippen MR) is 101 cm³/mol.